The molecule has 1 aliphatic heterocycles. The van der Waals surface area contributed by atoms with Gasteiger partial charge < -0.3 is 9.47 Å². The van der Waals surface area contributed by atoms with Crippen LogP contribution in [0.4, 0.5) is 4.39 Å². The van der Waals surface area contributed by atoms with Crippen molar-refractivity contribution < 1.29 is 18.7 Å². The molecule has 0 radical (unpaired) electrons. The first-order valence-corrected chi connectivity index (χ1v) is 15.5. The van der Waals surface area contributed by atoms with E-state index in [1.165, 1.54) is 28.7 Å². The van der Waals surface area contributed by atoms with Gasteiger partial charge in [0.2, 0.25) is 0 Å². The van der Waals surface area contributed by atoms with Gasteiger partial charge in [0.15, 0.2) is 4.80 Å². The Morgan fingerprint density at radius 1 is 1.07 bits per heavy atom. The van der Waals surface area contributed by atoms with Gasteiger partial charge in [-0.3, -0.25) is 9.36 Å². The van der Waals surface area contributed by atoms with Crippen LogP contribution in [0.15, 0.2) is 106 Å². The van der Waals surface area contributed by atoms with Gasteiger partial charge in [-0.25, -0.2) is 14.2 Å². The summed E-state index contributed by atoms with van der Waals surface area (Å²) in [5.41, 5.74) is 2.13. The lowest BCUT2D eigenvalue weighted by Gasteiger charge is -2.24. The summed E-state index contributed by atoms with van der Waals surface area (Å²) >= 11 is 8.98. The Morgan fingerprint density at radius 2 is 1.86 bits per heavy atom. The van der Waals surface area contributed by atoms with Crippen molar-refractivity contribution in [2.45, 2.75) is 19.6 Å². The van der Waals surface area contributed by atoms with Gasteiger partial charge in [0.1, 0.15) is 24.2 Å². The normalized spacial score (nSPS) is 14.8. The molecule has 6 rings (SSSR count). The molecule has 3 aromatic carbocycles. The van der Waals surface area contributed by atoms with Gasteiger partial charge in [0.25, 0.3) is 5.56 Å². The van der Waals surface area contributed by atoms with Crippen LogP contribution in [0.2, 0.25) is 5.02 Å². The fourth-order valence-corrected chi connectivity index (χ4v) is 6.83. The fraction of sp³-hybridized carbons (Fsp3) is 0.121. The van der Waals surface area contributed by atoms with Crippen molar-refractivity contribution in [3.8, 4) is 5.75 Å². The molecule has 216 valence electrons. The van der Waals surface area contributed by atoms with Gasteiger partial charge >= 0.3 is 5.97 Å². The molecular formula is C33H24ClFN2O4S2. The second kappa shape index (κ2) is 12.5. The number of hydrogen-bond donors (Lipinski definition) is 0. The highest BCUT2D eigenvalue weighted by Gasteiger charge is 2.35. The van der Waals surface area contributed by atoms with E-state index in [0.717, 1.165) is 10.4 Å². The molecule has 0 amide bonds. The van der Waals surface area contributed by atoms with Crippen molar-refractivity contribution in [3.05, 3.63) is 148 Å². The molecule has 3 heterocycles. The number of thiazole rings is 1. The van der Waals surface area contributed by atoms with E-state index in [9.17, 15) is 14.0 Å². The molecule has 0 aliphatic carbocycles. The Balaban J connectivity index is 1.52. The molecule has 0 N–H and O–H groups in total. The molecule has 0 fully saturated rings. The summed E-state index contributed by atoms with van der Waals surface area (Å²) in [6.45, 7) is 1.92. The van der Waals surface area contributed by atoms with E-state index >= 15 is 0 Å². The van der Waals surface area contributed by atoms with Crippen LogP contribution >= 0.6 is 34.3 Å². The van der Waals surface area contributed by atoms with E-state index in [1.54, 1.807) is 54.0 Å². The number of aromatic nitrogens is 1. The summed E-state index contributed by atoms with van der Waals surface area (Å²) in [5, 5.41) is 2.35. The summed E-state index contributed by atoms with van der Waals surface area (Å²) < 4.78 is 27.6. The molecule has 1 aliphatic rings. The standard InChI is InChI=1S/C33H24ClFN2O4S2/c1-2-40-32(39)28-29(20-9-4-3-5-10-20)36-33-37(30(28)26-13-8-16-42-26)31(38)27(43-33)18-22-17-23(34)14-15-25(22)41-19-21-11-6-7-12-24(21)35/h3-18,30H,2,19H2,1H3/b27-18-/t30-/m1/s1. The number of fused-ring (bicyclic) bond motifs is 1. The van der Waals surface area contributed by atoms with Gasteiger partial charge in [-0.1, -0.05) is 77.5 Å². The van der Waals surface area contributed by atoms with E-state index in [1.807, 2.05) is 47.8 Å². The number of hydrogen-bond acceptors (Lipinski definition) is 7. The zero-order valence-corrected chi connectivity index (χ0v) is 25.2. The monoisotopic (exact) mass is 630 g/mol. The molecule has 0 saturated heterocycles. The second-order valence-electron chi connectivity index (χ2n) is 9.51. The number of halogens is 2. The quantitative estimate of drug-likeness (QED) is 0.187. The fourth-order valence-electron chi connectivity index (χ4n) is 4.83. The maximum absolute atomic E-state index is 14.2. The molecule has 5 aromatic rings. The summed E-state index contributed by atoms with van der Waals surface area (Å²) in [7, 11) is 0. The van der Waals surface area contributed by atoms with Crippen LogP contribution in [0.25, 0.3) is 11.8 Å². The summed E-state index contributed by atoms with van der Waals surface area (Å²) in [4.78, 5) is 33.7. The van der Waals surface area contributed by atoms with Crippen LogP contribution in [0.3, 0.4) is 0 Å². The predicted molar refractivity (Wildman–Crippen MR) is 168 cm³/mol. The largest absolute Gasteiger partial charge is 0.488 e. The van der Waals surface area contributed by atoms with Crippen LogP contribution in [-0.2, 0) is 16.1 Å². The zero-order valence-electron chi connectivity index (χ0n) is 22.8. The topological polar surface area (TPSA) is 69.9 Å². The Hall–Kier alpha value is -4.31. The number of rotatable bonds is 8. The maximum Gasteiger partial charge on any atom is 0.338 e. The first-order valence-electron chi connectivity index (χ1n) is 13.4. The maximum atomic E-state index is 14.2. The third-order valence-corrected chi connectivity index (χ3v) is 8.93. The number of thiophene rings is 1. The smallest absolute Gasteiger partial charge is 0.338 e. The van der Waals surface area contributed by atoms with Gasteiger partial charge in [-0.05, 0) is 48.7 Å². The molecule has 2 aromatic heterocycles. The first-order chi connectivity index (χ1) is 20.9. The molecule has 10 heteroatoms. The molecule has 0 spiro atoms. The van der Waals surface area contributed by atoms with Gasteiger partial charge in [0.05, 0.1) is 22.4 Å². The van der Waals surface area contributed by atoms with Crippen LogP contribution in [-0.4, -0.2) is 17.1 Å². The number of ether oxygens (including phenoxy) is 2. The molecule has 0 bridgehead atoms. The average molecular weight is 631 g/mol. The number of esters is 1. The van der Waals surface area contributed by atoms with Crippen molar-refractivity contribution in [3.63, 3.8) is 0 Å². The molecule has 6 nitrogen and oxygen atoms in total. The molecule has 43 heavy (non-hydrogen) atoms. The van der Waals surface area contributed by atoms with Gasteiger partial charge in [0, 0.05) is 26.6 Å². The highest BCUT2D eigenvalue weighted by atomic mass is 35.5. The molecule has 0 saturated carbocycles. The van der Waals surface area contributed by atoms with E-state index in [2.05, 4.69) is 0 Å². The van der Waals surface area contributed by atoms with Crippen molar-refractivity contribution in [1.29, 1.82) is 0 Å². The Kier molecular flexibility index (Phi) is 8.38. The lowest BCUT2D eigenvalue weighted by Crippen LogP contribution is -2.39. The van der Waals surface area contributed by atoms with E-state index in [0.29, 0.717) is 42.5 Å². The Bertz CT molecular complexity index is 2020. The van der Waals surface area contributed by atoms with Crippen LogP contribution in [0, 0.1) is 5.82 Å². The lowest BCUT2D eigenvalue weighted by atomic mass is 9.97. The zero-order chi connectivity index (χ0) is 29.9. The third kappa shape index (κ3) is 5.84. The van der Waals surface area contributed by atoms with Gasteiger partial charge in [-0.15, -0.1) is 11.3 Å². The minimum atomic E-state index is -0.733. The van der Waals surface area contributed by atoms with Crippen LogP contribution < -0.4 is 19.6 Å². The highest BCUT2D eigenvalue weighted by molar-refractivity contribution is 7.10. The number of benzene rings is 3. The Morgan fingerprint density at radius 3 is 2.60 bits per heavy atom. The van der Waals surface area contributed by atoms with Crippen LogP contribution in [0.1, 0.15) is 34.5 Å². The Labute approximate surface area is 259 Å². The van der Waals surface area contributed by atoms with Crippen molar-refractivity contribution >= 4 is 52.0 Å². The van der Waals surface area contributed by atoms with Crippen molar-refractivity contribution in [2.24, 2.45) is 4.99 Å². The van der Waals surface area contributed by atoms with Crippen molar-refractivity contribution in [1.82, 2.24) is 4.57 Å². The second-order valence-corrected chi connectivity index (χ2v) is 11.9. The number of carbonyl (C=O) groups is 1. The molecule has 0 unspecified atom stereocenters. The molecule has 1 atom stereocenters. The summed E-state index contributed by atoms with van der Waals surface area (Å²) in [5.74, 6) is -0.464. The third-order valence-electron chi connectivity index (χ3n) is 6.79. The SMILES string of the molecule is CCOC(=O)C1=C(c2ccccc2)N=c2s/c(=C\c3cc(Cl)ccc3OCc3ccccc3F)c(=O)n2[C@@H]1c1cccs1. The number of carbonyl (C=O) groups excluding carboxylic acids is 1. The summed E-state index contributed by atoms with van der Waals surface area (Å²) in [6, 6.07) is 23.9. The highest BCUT2D eigenvalue weighted by Crippen LogP contribution is 2.37. The first kappa shape index (κ1) is 28.8. The minimum absolute atomic E-state index is 0.00188. The van der Waals surface area contributed by atoms with Crippen molar-refractivity contribution in [2.75, 3.05) is 6.61 Å². The van der Waals surface area contributed by atoms with E-state index in [-0.39, 0.29) is 24.6 Å². The lowest BCUT2D eigenvalue weighted by molar-refractivity contribution is -0.138. The molecular weight excluding hydrogens is 607 g/mol. The van der Waals surface area contributed by atoms with Gasteiger partial charge in [-0.2, -0.15) is 0 Å². The minimum Gasteiger partial charge on any atom is -0.488 e. The summed E-state index contributed by atoms with van der Waals surface area (Å²) in [6.07, 6.45) is 1.69. The average Bonchev–Trinajstić information content (AvgIpc) is 3.65. The van der Waals surface area contributed by atoms with E-state index < -0.39 is 12.0 Å². The van der Waals surface area contributed by atoms with E-state index in [4.69, 9.17) is 26.1 Å². The number of nitrogens with zero attached hydrogens (tertiary/aromatic N) is 2. The predicted octanol–water partition coefficient (Wildman–Crippen LogP) is 6.37. The van der Waals surface area contributed by atoms with Crippen LogP contribution in [0.5, 0.6) is 5.75 Å².